The molecule has 0 saturated carbocycles. The van der Waals surface area contributed by atoms with Crippen molar-refractivity contribution in [3.63, 3.8) is 0 Å². The maximum atomic E-state index is 11.9. The van der Waals surface area contributed by atoms with E-state index in [1.807, 2.05) is 0 Å². The number of aliphatic hydroxyl groups is 1. The zero-order valence-electron chi connectivity index (χ0n) is 29.7. The van der Waals surface area contributed by atoms with Crippen LogP contribution in [0.5, 0.6) is 0 Å². The minimum absolute atomic E-state index is 0.107. The molecule has 0 aliphatic heterocycles. The first-order valence-electron chi connectivity index (χ1n) is 19.6. The monoisotopic (exact) mass is 625 g/mol. The molecule has 0 heterocycles. The Balaban J connectivity index is 3.37. The molecule has 0 spiro atoms. The lowest BCUT2D eigenvalue weighted by molar-refractivity contribution is -0.152. The molecule has 0 bridgehead atoms. The van der Waals surface area contributed by atoms with Gasteiger partial charge in [-0.1, -0.05) is 194 Å². The summed E-state index contributed by atoms with van der Waals surface area (Å²) >= 11 is 0. The van der Waals surface area contributed by atoms with Crippen molar-refractivity contribution in [2.45, 2.75) is 225 Å². The van der Waals surface area contributed by atoms with Gasteiger partial charge in [-0.15, -0.1) is 0 Å². The zero-order chi connectivity index (χ0) is 32.2. The molecule has 0 aromatic heterocycles. The van der Waals surface area contributed by atoms with Crippen molar-refractivity contribution in [3.8, 4) is 0 Å². The predicted molar refractivity (Wildman–Crippen MR) is 187 cm³/mol. The summed E-state index contributed by atoms with van der Waals surface area (Å²) < 4.78 is 10.3. The predicted octanol–water partition coefficient (Wildman–Crippen LogP) is 12.0. The van der Waals surface area contributed by atoms with E-state index in [-0.39, 0.29) is 25.2 Å². The molecule has 0 amide bonds. The number of unbranched alkanes of at least 4 members (excludes halogenated alkanes) is 28. The standard InChI is InChI=1S/C39H76O5/c1-3-5-7-9-11-13-15-17-19-21-23-25-27-29-31-33-38(41)43-35-37(40)36-44-39(42)34-32-30-28-26-24-22-20-18-16-14-12-10-8-6-4-2/h37,40H,3-36H2,1-2H3. The van der Waals surface area contributed by atoms with Crippen molar-refractivity contribution >= 4 is 11.9 Å². The summed E-state index contributed by atoms with van der Waals surface area (Å²) in [5.74, 6) is -0.550. The number of rotatable bonds is 36. The third-order valence-corrected chi connectivity index (χ3v) is 8.84. The second-order valence-electron chi connectivity index (χ2n) is 13.4. The normalized spacial score (nSPS) is 11.4. The van der Waals surface area contributed by atoms with Crippen molar-refractivity contribution in [1.29, 1.82) is 0 Å². The molecular formula is C39H76O5. The van der Waals surface area contributed by atoms with E-state index in [1.165, 1.54) is 167 Å². The molecule has 0 unspecified atom stereocenters. The Bertz CT molecular complexity index is 543. The molecule has 0 atom stereocenters. The Morgan fingerprint density at radius 2 is 0.591 bits per heavy atom. The first-order chi connectivity index (χ1) is 21.6. The van der Waals surface area contributed by atoms with Crippen LogP contribution >= 0.6 is 0 Å². The number of esters is 2. The number of hydrogen-bond acceptors (Lipinski definition) is 5. The van der Waals surface area contributed by atoms with Crippen LogP contribution in [0.2, 0.25) is 0 Å². The minimum Gasteiger partial charge on any atom is -0.463 e. The van der Waals surface area contributed by atoms with Gasteiger partial charge in [0, 0.05) is 12.8 Å². The van der Waals surface area contributed by atoms with Crippen molar-refractivity contribution < 1.29 is 24.2 Å². The maximum absolute atomic E-state index is 11.9. The number of hydrogen-bond donors (Lipinski definition) is 1. The Hall–Kier alpha value is -1.10. The van der Waals surface area contributed by atoms with Crippen LogP contribution in [0.25, 0.3) is 0 Å². The summed E-state index contributed by atoms with van der Waals surface area (Å²) in [5.41, 5.74) is 0. The summed E-state index contributed by atoms with van der Waals surface area (Å²) in [7, 11) is 0. The Kier molecular flexibility index (Phi) is 35.5. The highest BCUT2D eigenvalue weighted by molar-refractivity contribution is 5.69. The van der Waals surface area contributed by atoms with E-state index in [0.717, 1.165) is 25.7 Å². The van der Waals surface area contributed by atoms with Gasteiger partial charge in [-0.25, -0.2) is 0 Å². The Morgan fingerprint density at radius 1 is 0.386 bits per heavy atom. The molecule has 44 heavy (non-hydrogen) atoms. The minimum atomic E-state index is -0.954. The second kappa shape index (κ2) is 36.4. The van der Waals surface area contributed by atoms with Crippen molar-refractivity contribution in [1.82, 2.24) is 0 Å². The summed E-state index contributed by atoms with van der Waals surface area (Å²) in [6.07, 6.45) is 38.7. The van der Waals surface area contributed by atoms with Gasteiger partial charge in [0.25, 0.3) is 0 Å². The van der Waals surface area contributed by atoms with E-state index in [9.17, 15) is 14.7 Å². The molecule has 0 aromatic carbocycles. The molecule has 0 rings (SSSR count). The largest absolute Gasteiger partial charge is 0.463 e. The summed E-state index contributed by atoms with van der Waals surface area (Å²) in [4.78, 5) is 23.9. The molecule has 262 valence electrons. The van der Waals surface area contributed by atoms with Crippen LogP contribution in [0.3, 0.4) is 0 Å². The SMILES string of the molecule is CCCCCCCCCCCCCCCCCC(=O)OCC(O)COC(=O)CCCCCCCCCCCCCCCCC. The van der Waals surface area contributed by atoms with Gasteiger partial charge in [0.15, 0.2) is 0 Å². The van der Waals surface area contributed by atoms with E-state index in [1.54, 1.807) is 0 Å². The average molecular weight is 625 g/mol. The van der Waals surface area contributed by atoms with E-state index < -0.39 is 6.10 Å². The van der Waals surface area contributed by atoms with Gasteiger partial charge in [-0.3, -0.25) is 9.59 Å². The van der Waals surface area contributed by atoms with Crippen molar-refractivity contribution in [3.05, 3.63) is 0 Å². The van der Waals surface area contributed by atoms with E-state index in [0.29, 0.717) is 12.8 Å². The van der Waals surface area contributed by atoms with E-state index in [2.05, 4.69) is 13.8 Å². The molecule has 5 nitrogen and oxygen atoms in total. The second-order valence-corrected chi connectivity index (χ2v) is 13.4. The summed E-state index contributed by atoms with van der Waals surface area (Å²) in [5, 5.41) is 10.0. The molecule has 0 aliphatic carbocycles. The average Bonchev–Trinajstić information content (AvgIpc) is 3.02. The number of carbonyl (C=O) groups excluding carboxylic acids is 2. The lowest BCUT2D eigenvalue weighted by atomic mass is 10.0. The van der Waals surface area contributed by atoms with E-state index >= 15 is 0 Å². The quantitative estimate of drug-likeness (QED) is 0.0554. The van der Waals surface area contributed by atoms with Gasteiger partial charge in [0.05, 0.1) is 0 Å². The highest BCUT2D eigenvalue weighted by atomic mass is 16.6. The summed E-state index contributed by atoms with van der Waals surface area (Å²) in [6, 6.07) is 0. The van der Waals surface area contributed by atoms with E-state index in [4.69, 9.17) is 9.47 Å². The first kappa shape index (κ1) is 42.9. The van der Waals surface area contributed by atoms with Crippen LogP contribution in [0.1, 0.15) is 219 Å². The molecule has 0 fully saturated rings. The van der Waals surface area contributed by atoms with Crippen LogP contribution in [-0.4, -0.2) is 36.4 Å². The summed E-state index contributed by atoms with van der Waals surface area (Å²) in [6.45, 7) is 4.33. The van der Waals surface area contributed by atoms with Crippen LogP contribution in [-0.2, 0) is 19.1 Å². The van der Waals surface area contributed by atoms with Gasteiger partial charge in [0.1, 0.15) is 19.3 Å². The smallest absolute Gasteiger partial charge is 0.305 e. The van der Waals surface area contributed by atoms with Gasteiger partial charge < -0.3 is 14.6 Å². The molecule has 5 heteroatoms. The molecule has 1 N–H and O–H groups in total. The van der Waals surface area contributed by atoms with Crippen LogP contribution in [0.4, 0.5) is 0 Å². The van der Waals surface area contributed by atoms with Gasteiger partial charge in [-0.2, -0.15) is 0 Å². The fourth-order valence-corrected chi connectivity index (χ4v) is 5.85. The van der Waals surface area contributed by atoms with Crippen molar-refractivity contribution in [2.24, 2.45) is 0 Å². The molecular weight excluding hydrogens is 548 g/mol. The fraction of sp³-hybridized carbons (Fsp3) is 0.949. The molecule has 0 saturated heterocycles. The van der Waals surface area contributed by atoms with Crippen LogP contribution in [0, 0.1) is 0 Å². The highest BCUT2D eigenvalue weighted by Gasteiger charge is 2.12. The molecule has 0 radical (unpaired) electrons. The highest BCUT2D eigenvalue weighted by Crippen LogP contribution is 2.15. The third kappa shape index (κ3) is 35.4. The lowest BCUT2D eigenvalue weighted by Gasteiger charge is -2.12. The van der Waals surface area contributed by atoms with Crippen LogP contribution in [0.15, 0.2) is 0 Å². The number of ether oxygens (including phenoxy) is 2. The fourth-order valence-electron chi connectivity index (χ4n) is 5.85. The topological polar surface area (TPSA) is 72.8 Å². The molecule has 0 aliphatic rings. The number of carbonyl (C=O) groups is 2. The van der Waals surface area contributed by atoms with Gasteiger partial charge in [0.2, 0.25) is 0 Å². The third-order valence-electron chi connectivity index (χ3n) is 8.84. The number of aliphatic hydroxyl groups excluding tert-OH is 1. The first-order valence-corrected chi connectivity index (χ1v) is 19.6. The Morgan fingerprint density at radius 3 is 0.818 bits per heavy atom. The van der Waals surface area contributed by atoms with Gasteiger partial charge >= 0.3 is 11.9 Å². The molecule has 0 aromatic rings. The van der Waals surface area contributed by atoms with Crippen LogP contribution < -0.4 is 0 Å². The maximum Gasteiger partial charge on any atom is 0.305 e. The van der Waals surface area contributed by atoms with Gasteiger partial charge in [-0.05, 0) is 12.8 Å². The lowest BCUT2D eigenvalue weighted by Crippen LogP contribution is -2.25. The Labute approximate surface area is 274 Å². The van der Waals surface area contributed by atoms with Crippen molar-refractivity contribution in [2.75, 3.05) is 13.2 Å². The zero-order valence-corrected chi connectivity index (χ0v) is 29.7.